The molecule has 0 saturated carbocycles. The summed E-state index contributed by atoms with van der Waals surface area (Å²) < 4.78 is 45.9. The van der Waals surface area contributed by atoms with Crippen LogP contribution in [-0.2, 0) is 14.6 Å². The molecule has 0 unspecified atom stereocenters. The molecule has 1 aliphatic heterocycles. The second-order valence-corrected chi connectivity index (χ2v) is 9.78. The van der Waals surface area contributed by atoms with Gasteiger partial charge in [-0.05, 0) is 68.8 Å². The molecule has 3 aromatic carbocycles. The zero-order valence-corrected chi connectivity index (χ0v) is 19.6. The summed E-state index contributed by atoms with van der Waals surface area (Å²) in [4.78, 5) is 26.2. The number of carbonyl (C=O) groups is 2. The second-order valence-electron chi connectivity index (χ2n) is 7.89. The van der Waals surface area contributed by atoms with Gasteiger partial charge in [0.15, 0.2) is 0 Å². The van der Waals surface area contributed by atoms with Crippen molar-refractivity contribution < 1.29 is 27.1 Å². The highest BCUT2D eigenvalue weighted by Crippen LogP contribution is 2.41. The lowest BCUT2D eigenvalue weighted by Crippen LogP contribution is -2.26. The molecule has 0 N–H and O–H groups in total. The smallest absolute Gasteiger partial charge is 0.338 e. The Balaban J connectivity index is 1.87. The number of rotatable bonds is 5. The van der Waals surface area contributed by atoms with Crippen molar-refractivity contribution in [1.82, 2.24) is 0 Å². The molecule has 0 radical (unpaired) electrons. The number of carbonyl (C=O) groups excluding carboxylic acids is 2. The Labute approximate surface area is 197 Å². The second kappa shape index (κ2) is 8.87. The van der Waals surface area contributed by atoms with E-state index in [9.17, 15) is 22.4 Å². The van der Waals surface area contributed by atoms with Gasteiger partial charge < -0.3 is 9.64 Å². The largest absolute Gasteiger partial charge is 0.462 e. The lowest BCUT2D eigenvalue weighted by Gasteiger charge is -2.29. The third kappa shape index (κ3) is 4.12. The standard InChI is InChI=1S/C26H22FNO5S/c1-4-33-26(30)18-6-9-20(10-7-18)28-15-24(25(29)21-11-5-16(2)13-17(21)3)34(31,32)23-12-8-19(27)14-22(23)28/h5-15H,4H2,1-3H3. The van der Waals surface area contributed by atoms with Gasteiger partial charge in [0.05, 0.1) is 22.8 Å². The fourth-order valence-electron chi connectivity index (χ4n) is 3.85. The highest BCUT2D eigenvalue weighted by Gasteiger charge is 2.37. The third-order valence-corrected chi connectivity index (χ3v) is 7.31. The Bertz CT molecular complexity index is 1440. The van der Waals surface area contributed by atoms with Gasteiger partial charge in [0.2, 0.25) is 15.6 Å². The van der Waals surface area contributed by atoms with E-state index in [0.29, 0.717) is 16.8 Å². The molecule has 0 atom stereocenters. The zero-order valence-electron chi connectivity index (χ0n) is 18.8. The normalized spacial score (nSPS) is 14.2. The first-order chi connectivity index (χ1) is 16.1. The number of nitrogens with zero attached hydrogens (tertiary/aromatic N) is 1. The number of anilines is 2. The van der Waals surface area contributed by atoms with Crippen molar-refractivity contribution >= 4 is 33.0 Å². The van der Waals surface area contributed by atoms with E-state index in [1.165, 1.54) is 23.2 Å². The van der Waals surface area contributed by atoms with Gasteiger partial charge in [0, 0.05) is 17.5 Å². The van der Waals surface area contributed by atoms with Crippen molar-refractivity contribution in [3.8, 4) is 0 Å². The number of ether oxygens (including phenoxy) is 1. The number of ketones is 1. The van der Waals surface area contributed by atoms with Crippen LogP contribution < -0.4 is 4.90 Å². The number of hydrogen-bond acceptors (Lipinski definition) is 6. The predicted octanol–water partition coefficient (Wildman–Crippen LogP) is 5.27. The fraction of sp³-hybridized carbons (Fsp3) is 0.154. The zero-order chi connectivity index (χ0) is 24.6. The summed E-state index contributed by atoms with van der Waals surface area (Å²) in [5.74, 6) is -1.77. The minimum Gasteiger partial charge on any atom is -0.462 e. The topological polar surface area (TPSA) is 80.8 Å². The van der Waals surface area contributed by atoms with Crippen molar-refractivity contribution in [2.24, 2.45) is 0 Å². The lowest BCUT2D eigenvalue weighted by atomic mass is 10.0. The van der Waals surface area contributed by atoms with E-state index in [4.69, 9.17) is 4.74 Å². The molecule has 0 bridgehead atoms. The molecule has 0 aromatic heterocycles. The van der Waals surface area contributed by atoms with Crippen LogP contribution in [0.4, 0.5) is 15.8 Å². The SMILES string of the molecule is CCOC(=O)c1ccc(N2C=C(C(=O)c3ccc(C)cc3C)S(=O)(=O)c3ccc(F)cc32)cc1. The van der Waals surface area contributed by atoms with Crippen molar-refractivity contribution in [2.45, 2.75) is 25.7 Å². The van der Waals surface area contributed by atoms with Gasteiger partial charge in [-0.15, -0.1) is 0 Å². The van der Waals surface area contributed by atoms with Crippen molar-refractivity contribution in [3.05, 3.63) is 99.8 Å². The number of allylic oxidation sites excluding steroid dienone is 1. The average Bonchev–Trinajstić information content (AvgIpc) is 2.79. The van der Waals surface area contributed by atoms with Crippen LogP contribution in [0.3, 0.4) is 0 Å². The van der Waals surface area contributed by atoms with E-state index in [-0.39, 0.29) is 22.8 Å². The van der Waals surface area contributed by atoms with Gasteiger partial charge in [0.1, 0.15) is 10.7 Å². The Kier molecular flexibility index (Phi) is 6.10. The molecule has 3 aromatic rings. The summed E-state index contributed by atoms with van der Waals surface area (Å²) in [5.41, 5.74) is 2.69. The number of aryl methyl sites for hydroxylation is 2. The Morgan fingerprint density at radius 2 is 1.68 bits per heavy atom. The number of benzene rings is 3. The van der Waals surface area contributed by atoms with E-state index in [1.54, 1.807) is 44.2 Å². The summed E-state index contributed by atoms with van der Waals surface area (Å²) in [5, 5.41) is 0. The first-order valence-corrected chi connectivity index (χ1v) is 12.1. The van der Waals surface area contributed by atoms with E-state index in [0.717, 1.165) is 23.8 Å². The Hall–Kier alpha value is -3.78. The summed E-state index contributed by atoms with van der Waals surface area (Å²) >= 11 is 0. The van der Waals surface area contributed by atoms with Crippen LogP contribution in [0.5, 0.6) is 0 Å². The molecule has 8 heteroatoms. The number of esters is 1. The van der Waals surface area contributed by atoms with Crippen LogP contribution in [0, 0.1) is 19.7 Å². The molecule has 0 aliphatic carbocycles. The molecule has 0 spiro atoms. The first-order valence-electron chi connectivity index (χ1n) is 10.6. The van der Waals surface area contributed by atoms with Crippen LogP contribution in [0.2, 0.25) is 0 Å². The van der Waals surface area contributed by atoms with Crippen LogP contribution >= 0.6 is 0 Å². The molecule has 0 fully saturated rings. The number of Topliss-reactive ketones (excluding diaryl/α,β-unsaturated/α-hetero) is 1. The van der Waals surface area contributed by atoms with Crippen LogP contribution in [-0.4, -0.2) is 26.8 Å². The summed E-state index contributed by atoms with van der Waals surface area (Å²) in [6.07, 6.45) is 1.21. The minimum atomic E-state index is -4.21. The Morgan fingerprint density at radius 1 is 0.971 bits per heavy atom. The number of hydrogen-bond donors (Lipinski definition) is 0. The quantitative estimate of drug-likeness (QED) is 0.282. The highest BCUT2D eigenvalue weighted by molar-refractivity contribution is 7.96. The number of sulfone groups is 1. The number of halogens is 1. The van der Waals surface area contributed by atoms with E-state index in [2.05, 4.69) is 0 Å². The molecule has 4 rings (SSSR count). The molecule has 6 nitrogen and oxygen atoms in total. The molecule has 34 heavy (non-hydrogen) atoms. The molecule has 174 valence electrons. The first kappa shape index (κ1) is 23.4. The third-order valence-electron chi connectivity index (χ3n) is 5.51. The van der Waals surface area contributed by atoms with Gasteiger partial charge in [-0.1, -0.05) is 23.8 Å². The highest BCUT2D eigenvalue weighted by atomic mass is 32.2. The summed E-state index contributed by atoms with van der Waals surface area (Å²) in [6.45, 7) is 5.55. The van der Waals surface area contributed by atoms with Crippen LogP contribution in [0.25, 0.3) is 0 Å². The molecular weight excluding hydrogens is 457 g/mol. The maximum atomic E-state index is 14.1. The molecule has 0 saturated heterocycles. The monoisotopic (exact) mass is 479 g/mol. The maximum absolute atomic E-state index is 14.1. The van der Waals surface area contributed by atoms with E-state index >= 15 is 0 Å². The fourth-order valence-corrected chi connectivity index (χ4v) is 5.36. The van der Waals surface area contributed by atoms with Crippen molar-refractivity contribution in [3.63, 3.8) is 0 Å². The molecule has 1 heterocycles. The van der Waals surface area contributed by atoms with Crippen LogP contribution in [0.1, 0.15) is 38.8 Å². The van der Waals surface area contributed by atoms with Gasteiger partial charge in [-0.2, -0.15) is 0 Å². The Morgan fingerprint density at radius 3 is 2.32 bits per heavy atom. The van der Waals surface area contributed by atoms with E-state index < -0.39 is 32.3 Å². The summed E-state index contributed by atoms with van der Waals surface area (Å²) in [7, 11) is -4.21. The van der Waals surface area contributed by atoms with Crippen LogP contribution in [0.15, 0.2) is 76.7 Å². The van der Waals surface area contributed by atoms with Gasteiger partial charge in [0.25, 0.3) is 0 Å². The lowest BCUT2D eigenvalue weighted by molar-refractivity contribution is 0.0526. The van der Waals surface area contributed by atoms with E-state index in [1.807, 2.05) is 6.92 Å². The van der Waals surface area contributed by atoms with Gasteiger partial charge in [-0.25, -0.2) is 17.6 Å². The molecule has 1 aliphatic rings. The number of fused-ring (bicyclic) bond motifs is 1. The van der Waals surface area contributed by atoms with Crippen molar-refractivity contribution in [2.75, 3.05) is 11.5 Å². The van der Waals surface area contributed by atoms with Gasteiger partial charge in [-0.3, -0.25) is 4.79 Å². The van der Waals surface area contributed by atoms with Gasteiger partial charge >= 0.3 is 5.97 Å². The van der Waals surface area contributed by atoms with Crippen molar-refractivity contribution in [1.29, 1.82) is 0 Å². The molecule has 0 amide bonds. The summed E-state index contributed by atoms with van der Waals surface area (Å²) in [6, 6.07) is 14.6. The predicted molar refractivity (Wildman–Crippen MR) is 126 cm³/mol. The maximum Gasteiger partial charge on any atom is 0.338 e. The average molecular weight is 480 g/mol. The minimum absolute atomic E-state index is 0.0704. The molecular formula is C26H22FNO5S.